The Kier molecular flexibility index (Phi) is 7.29. The van der Waals surface area contributed by atoms with E-state index in [9.17, 15) is 22.8 Å². The molecule has 0 bridgehead atoms. The number of hydrogen-bond donors (Lipinski definition) is 1. The van der Waals surface area contributed by atoms with Gasteiger partial charge >= 0.3 is 0 Å². The van der Waals surface area contributed by atoms with E-state index in [-0.39, 0.29) is 41.7 Å². The highest BCUT2D eigenvalue weighted by atomic mass is 32.2. The molecule has 0 spiro atoms. The molecule has 3 amide bonds. The largest absolute Gasteiger partial charge is 0.357 e. The number of sulfonamides is 1. The predicted molar refractivity (Wildman–Crippen MR) is 119 cm³/mol. The minimum Gasteiger partial charge on any atom is -0.357 e. The van der Waals surface area contributed by atoms with Crippen molar-refractivity contribution in [1.82, 2.24) is 14.5 Å². The molecule has 0 aliphatic carbocycles. The van der Waals surface area contributed by atoms with Crippen LogP contribution in [0, 0.1) is 0 Å². The molecule has 1 heterocycles. The Morgan fingerprint density at radius 3 is 2.38 bits per heavy atom. The van der Waals surface area contributed by atoms with Gasteiger partial charge in [0.2, 0.25) is 11.8 Å². The van der Waals surface area contributed by atoms with Crippen molar-refractivity contribution in [2.24, 2.45) is 0 Å². The number of benzene rings is 2. The molecule has 0 radical (unpaired) electrons. The van der Waals surface area contributed by atoms with Crippen LogP contribution in [0.15, 0.2) is 59.5 Å². The molecule has 0 unspecified atom stereocenters. The molecule has 1 atom stereocenters. The quantitative estimate of drug-likeness (QED) is 0.619. The molecule has 0 aromatic heterocycles. The highest BCUT2D eigenvalue weighted by molar-refractivity contribution is 7.90. The lowest BCUT2D eigenvalue weighted by molar-refractivity contribution is -0.139. The summed E-state index contributed by atoms with van der Waals surface area (Å²) >= 11 is 0. The van der Waals surface area contributed by atoms with Gasteiger partial charge in [0.05, 0.1) is 5.56 Å². The second kappa shape index (κ2) is 9.95. The Morgan fingerprint density at radius 2 is 1.72 bits per heavy atom. The third kappa shape index (κ3) is 4.83. The first kappa shape index (κ1) is 23.5. The van der Waals surface area contributed by atoms with Gasteiger partial charge < -0.3 is 10.2 Å². The second-order valence-electron chi connectivity index (χ2n) is 7.59. The molecule has 2 aromatic carbocycles. The van der Waals surface area contributed by atoms with Crippen molar-refractivity contribution in [2.75, 3.05) is 20.1 Å². The highest BCUT2D eigenvalue weighted by Crippen LogP contribution is 2.30. The van der Waals surface area contributed by atoms with E-state index >= 15 is 0 Å². The summed E-state index contributed by atoms with van der Waals surface area (Å²) in [5.74, 6) is -1.12. The molecule has 8 nitrogen and oxygen atoms in total. The number of hydrogen-bond acceptors (Lipinski definition) is 5. The summed E-state index contributed by atoms with van der Waals surface area (Å²) in [5, 5.41) is 2.56. The number of amides is 3. The number of fused-ring (bicyclic) bond motifs is 1. The maximum absolute atomic E-state index is 13.0. The molecular weight excluding hydrogens is 430 g/mol. The fourth-order valence-corrected chi connectivity index (χ4v) is 5.36. The molecule has 1 aliphatic heterocycles. The van der Waals surface area contributed by atoms with Crippen molar-refractivity contribution >= 4 is 27.7 Å². The van der Waals surface area contributed by atoms with E-state index in [1.165, 1.54) is 24.1 Å². The van der Waals surface area contributed by atoms with Gasteiger partial charge in [-0.25, -0.2) is 12.7 Å². The standard InChI is InChI=1S/C23H27N3O5S/c1-17(22(28)24-2)25(16-14-18-9-4-3-5-10-18)21(27)13-8-15-26-23(29)19-11-6-7-12-20(19)32(26,30)31/h3-7,9-12,17H,8,13-16H2,1-2H3,(H,24,28)/t17-/m0/s1. The van der Waals surface area contributed by atoms with Crippen LogP contribution < -0.4 is 5.32 Å². The van der Waals surface area contributed by atoms with Gasteiger partial charge in [-0.15, -0.1) is 0 Å². The normalized spacial score (nSPS) is 15.2. The van der Waals surface area contributed by atoms with Gasteiger partial charge in [-0.1, -0.05) is 42.5 Å². The Bertz CT molecular complexity index is 1100. The summed E-state index contributed by atoms with van der Waals surface area (Å²) in [6.07, 6.45) is 0.772. The van der Waals surface area contributed by atoms with Gasteiger partial charge in [0.25, 0.3) is 15.9 Å². The van der Waals surface area contributed by atoms with Crippen molar-refractivity contribution in [3.8, 4) is 0 Å². The molecular formula is C23H27N3O5S. The highest BCUT2D eigenvalue weighted by Gasteiger charge is 2.40. The third-order valence-corrected chi connectivity index (χ3v) is 7.40. The average molecular weight is 458 g/mol. The first-order valence-corrected chi connectivity index (χ1v) is 11.9. The molecule has 0 saturated carbocycles. The maximum Gasteiger partial charge on any atom is 0.269 e. The predicted octanol–water partition coefficient (Wildman–Crippen LogP) is 1.82. The molecule has 170 valence electrons. The van der Waals surface area contributed by atoms with Crippen LogP contribution in [0.5, 0.6) is 0 Å². The Morgan fingerprint density at radius 1 is 1.06 bits per heavy atom. The summed E-state index contributed by atoms with van der Waals surface area (Å²) in [5.41, 5.74) is 1.19. The van der Waals surface area contributed by atoms with E-state index in [1.54, 1.807) is 19.1 Å². The van der Waals surface area contributed by atoms with Crippen LogP contribution in [0.4, 0.5) is 0 Å². The van der Waals surface area contributed by atoms with Crippen molar-refractivity contribution in [1.29, 1.82) is 0 Å². The van der Waals surface area contributed by atoms with Crippen molar-refractivity contribution < 1.29 is 22.8 Å². The minimum atomic E-state index is -3.90. The third-order valence-electron chi connectivity index (χ3n) is 5.56. The summed E-state index contributed by atoms with van der Waals surface area (Å²) in [6.45, 7) is 1.92. The first-order chi connectivity index (χ1) is 15.3. The minimum absolute atomic E-state index is 0.00551. The van der Waals surface area contributed by atoms with Crippen LogP contribution >= 0.6 is 0 Å². The number of nitrogens with zero attached hydrogens (tertiary/aromatic N) is 2. The summed E-state index contributed by atoms with van der Waals surface area (Å²) in [4.78, 5) is 39.1. The fraction of sp³-hybridized carbons (Fsp3) is 0.348. The zero-order valence-corrected chi connectivity index (χ0v) is 19.0. The number of rotatable bonds is 9. The van der Waals surface area contributed by atoms with Gasteiger partial charge in [-0.2, -0.15) is 0 Å². The van der Waals surface area contributed by atoms with Crippen LogP contribution in [-0.4, -0.2) is 61.5 Å². The van der Waals surface area contributed by atoms with Crippen LogP contribution in [0.1, 0.15) is 35.7 Å². The van der Waals surface area contributed by atoms with Gasteiger partial charge in [-0.05, 0) is 37.5 Å². The van der Waals surface area contributed by atoms with Gasteiger partial charge in [0, 0.05) is 26.6 Å². The van der Waals surface area contributed by atoms with E-state index in [0.29, 0.717) is 13.0 Å². The molecule has 1 aliphatic rings. The Balaban J connectivity index is 1.64. The smallest absolute Gasteiger partial charge is 0.269 e. The molecule has 2 aromatic rings. The van der Waals surface area contributed by atoms with Gasteiger partial charge in [0.1, 0.15) is 10.9 Å². The molecule has 1 N–H and O–H groups in total. The van der Waals surface area contributed by atoms with Crippen LogP contribution in [-0.2, 0) is 26.0 Å². The lowest BCUT2D eigenvalue weighted by Gasteiger charge is -2.28. The fourth-order valence-electron chi connectivity index (χ4n) is 3.75. The Labute approximate surface area is 188 Å². The van der Waals surface area contributed by atoms with Crippen LogP contribution in [0.2, 0.25) is 0 Å². The summed E-state index contributed by atoms with van der Waals surface area (Å²) in [6, 6.07) is 15.0. The first-order valence-electron chi connectivity index (χ1n) is 10.5. The topological polar surface area (TPSA) is 104 Å². The number of nitrogens with one attached hydrogen (secondary N) is 1. The molecule has 0 fully saturated rings. The van der Waals surface area contributed by atoms with Crippen LogP contribution in [0.3, 0.4) is 0 Å². The maximum atomic E-state index is 13.0. The average Bonchev–Trinajstić information content (AvgIpc) is 2.99. The van der Waals surface area contributed by atoms with E-state index in [4.69, 9.17) is 0 Å². The summed E-state index contributed by atoms with van der Waals surface area (Å²) in [7, 11) is -2.38. The molecule has 32 heavy (non-hydrogen) atoms. The van der Waals surface area contributed by atoms with Gasteiger partial charge in [-0.3, -0.25) is 14.4 Å². The zero-order chi connectivity index (χ0) is 23.3. The van der Waals surface area contributed by atoms with Crippen LogP contribution in [0.25, 0.3) is 0 Å². The molecule has 9 heteroatoms. The zero-order valence-electron chi connectivity index (χ0n) is 18.2. The van der Waals surface area contributed by atoms with E-state index < -0.39 is 22.0 Å². The summed E-state index contributed by atoms with van der Waals surface area (Å²) < 4.78 is 26.1. The number of carbonyl (C=O) groups excluding carboxylic acids is 3. The Hall–Kier alpha value is -3.20. The van der Waals surface area contributed by atoms with E-state index in [0.717, 1.165) is 9.87 Å². The van der Waals surface area contributed by atoms with Crippen molar-refractivity contribution in [3.05, 3.63) is 65.7 Å². The lowest BCUT2D eigenvalue weighted by atomic mass is 10.1. The van der Waals surface area contributed by atoms with Gasteiger partial charge in [0.15, 0.2) is 0 Å². The second-order valence-corrected chi connectivity index (χ2v) is 9.43. The molecule has 3 rings (SSSR count). The van der Waals surface area contributed by atoms with Crippen molar-refractivity contribution in [2.45, 2.75) is 37.1 Å². The SMILES string of the molecule is CNC(=O)[C@H](C)N(CCc1ccccc1)C(=O)CCCN1C(=O)c2ccccc2S1(=O)=O. The number of likely N-dealkylation sites (N-methyl/N-ethyl adjacent to an activating group) is 1. The van der Waals surface area contributed by atoms with E-state index in [1.807, 2.05) is 30.3 Å². The lowest BCUT2D eigenvalue weighted by Crippen LogP contribution is -2.48. The van der Waals surface area contributed by atoms with E-state index in [2.05, 4.69) is 5.32 Å². The molecule has 0 saturated heterocycles. The van der Waals surface area contributed by atoms with Crippen molar-refractivity contribution in [3.63, 3.8) is 0 Å². The monoisotopic (exact) mass is 457 g/mol. The number of carbonyl (C=O) groups is 3.